The van der Waals surface area contributed by atoms with Crippen LogP contribution in [0.5, 0.6) is 11.8 Å². The molecular weight excluding hydrogens is 436 g/mol. The van der Waals surface area contributed by atoms with E-state index in [2.05, 4.69) is 20.2 Å². The van der Waals surface area contributed by atoms with Crippen LogP contribution in [-0.2, 0) is 16.7 Å². The Labute approximate surface area is 199 Å². The molecule has 3 aromatic rings. The molecule has 0 atom stereocenters. The van der Waals surface area contributed by atoms with Crippen molar-refractivity contribution < 1.29 is 19.0 Å². The molecule has 0 radical (unpaired) electrons. The van der Waals surface area contributed by atoms with E-state index >= 15 is 0 Å². The van der Waals surface area contributed by atoms with Crippen LogP contribution in [-0.4, -0.2) is 64.1 Å². The number of aryl methyl sites for hydroxylation is 1. The summed E-state index contributed by atoms with van der Waals surface area (Å²) >= 11 is 0. The molecule has 0 saturated carbocycles. The average molecular weight is 471 g/mol. The van der Waals surface area contributed by atoms with Gasteiger partial charge in [-0.05, 0) is 26.8 Å². The number of rotatable bonds is 9. The zero-order chi connectivity index (χ0) is 25.0. The molecule has 0 aliphatic rings. The highest BCUT2D eigenvalue weighted by Gasteiger charge is 2.22. The van der Waals surface area contributed by atoms with Crippen molar-refractivity contribution in [2.24, 2.45) is 4.99 Å². The van der Waals surface area contributed by atoms with Crippen molar-refractivity contribution in [3.63, 3.8) is 0 Å². The standard InChI is InChI=1S/C24H34N6O4/c1-9-33-22-16(3)15(2)21-27-29(23(25-7)30(21)28-22)14-18(31)17-12-19(24(4,5)6)26-20(13-17)34-11-10-32-8/h12-13H,9-11,14H2,1-8H3. The largest absolute Gasteiger partial charge is 0.477 e. The van der Waals surface area contributed by atoms with Gasteiger partial charge < -0.3 is 14.2 Å². The lowest BCUT2D eigenvalue weighted by molar-refractivity contribution is 0.0964. The van der Waals surface area contributed by atoms with Gasteiger partial charge in [-0.15, -0.1) is 10.2 Å². The highest BCUT2D eigenvalue weighted by atomic mass is 16.5. The number of pyridine rings is 1. The first-order valence-electron chi connectivity index (χ1n) is 11.3. The van der Waals surface area contributed by atoms with E-state index in [0.29, 0.717) is 48.4 Å². The number of carbonyl (C=O) groups is 1. The van der Waals surface area contributed by atoms with Gasteiger partial charge in [-0.3, -0.25) is 9.79 Å². The number of hydrogen-bond donors (Lipinski definition) is 0. The van der Waals surface area contributed by atoms with Crippen LogP contribution in [0.3, 0.4) is 0 Å². The van der Waals surface area contributed by atoms with Crippen molar-refractivity contribution in [1.29, 1.82) is 0 Å². The quantitative estimate of drug-likeness (QED) is 0.350. The Balaban J connectivity index is 2.03. The lowest BCUT2D eigenvalue weighted by Crippen LogP contribution is -2.28. The smallest absolute Gasteiger partial charge is 0.245 e. The van der Waals surface area contributed by atoms with Crippen LogP contribution in [0.1, 0.15) is 54.9 Å². The van der Waals surface area contributed by atoms with Crippen LogP contribution >= 0.6 is 0 Å². The minimum atomic E-state index is -0.260. The number of aromatic nitrogens is 5. The second-order valence-electron chi connectivity index (χ2n) is 9.00. The lowest BCUT2D eigenvalue weighted by atomic mass is 9.90. The molecule has 10 heteroatoms. The molecule has 0 saturated heterocycles. The summed E-state index contributed by atoms with van der Waals surface area (Å²) in [5.74, 6) is 0.778. The van der Waals surface area contributed by atoms with E-state index < -0.39 is 0 Å². The van der Waals surface area contributed by atoms with Crippen molar-refractivity contribution in [1.82, 2.24) is 24.4 Å². The summed E-state index contributed by atoms with van der Waals surface area (Å²) in [6, 6.07) is 3.47. The molecular formula is C24H34N6O4. The molecule has 34 heavy (non-hydrogen) atoms. The number of carbonyl (C=O) groups excluding carboxylic acids is 1. The molecule has 0 spiro atoms. The Morgan fingerprint density at radius 2 is 1.82 bits per heavy atom. The van der Waals surface area contributed by atoms with Gasteiger partial charge in [-0.2, -0.15) is 4.52 Å². The molecule has 3 aromatic heterocycles. The van der Waals surface area contributed by atoms with Gasteiger partial charge >= 0.3 is 0 Å². The zero-order valence-electron chi connectivity index (χ0n) is 21.3. The first kappa shape index (κ1) is 25.4. The number of nitrogens with zero attached hydrogens (tertiary/aromatic N) is 6. The van der Waals surface area contributed by atoms with Gasteiger partial charge in [0, 0.05) is 42.3 Å². The monoisotopic (exact) mass is 470 g/mol. The summed E-state index contributed by atoms with van der Waals surface area (Å²) in [6.45, 7) is 13.2. The Morgan fingerprint density at radius 3 is 2.44 bits per heavy atom. The van der Waals surface area contributed by atoms with Crippen LogP contribution in [0.15, 0.2) is 17.1 Å². The van der Waals surface area contributed by atoms with Crippen LogP contribution in [0, 0.1) is 13.8 Å². The third-order valence-electron chi connectivity index (χ3n) is 5.45. The third kappa shape index (κ3) is 5.27. The molecule has 3 heterocycles. The molecule has 0 N–H and O–H groups in total. The molecule has 0 fully saturated rings. The summed E-state index contributed by atoms with van der Waals surface area (Å²) in [6.07, 6.45) is 0. The molecule has 0 amide bonds. The maximum atomic E-state index is 13.4. The minimum absolute atomic E-state index is 0.0103. The molecule has 10 nitrogen and oxygen atoms in total. The fourth-order valence-electron chi connectivity index (χ4n) is 3.40. The summed E-state index contributed by atoms with van der Waals surface area (Å²) in [7, 11) is 3.25. The Morgan fingerprint density at radius 1 is 1.09 bits per heavy atom. The highest BCUT2D eigenvalue weighted by molar-refractivity contribution is 5.96. The topological polar surface area (TPSA) is 105 Å². The van der Waals surface area contributed by atoms with Crippen LogP contribution in [0.2, 0.25) is 0 Å². The molecule has 0 aliphatic heterocycles. The van der Waals surface area contributed by atoms with Crippen molar-refractivity contribution in [3.8, 4) is 11.8 Å². The number of hydrogen-bond acceptors (Lipinski definition) is 8. The first-order chi connectivity index (χ1) is 16.1. The number of ether oxygens (including phenoxy) is 3. The number of Topliss-reactive ketones (excluding diaryl/α,β-unsaturated/α-hetero) is 1. The van der Waals surface area contributed by atoms with E-state index in [1.807, 2.05) is 47.6 Å². The van der Waals surface area contributed by atoms with Gasteiger partial charge in [-0.25, -0.2) is 9.67 Å². The maximum Gasteiger partial charge on any atom is 0.245 e. The fourth-order valence-corrected chi connectivity index (χ4v) is 3.40. The van der Waals surface area contributed by atoms with Gasteiger partial charge in [0.25, 0.3) is 0 Å². The predicted octanol–water partition coefficient (Wildman–Crippen LogP) is 2.68. The zero-order valence-corrected chi connectivity index (χ0v) is 21.3. The van der Waals surface area contributed by atoms with Crippen molar-refractivity contribution in [2.45, 2.75) is 53.5 Å². The molecule has 0 bridgehead atoms. The second-order valence-corrected chi connectivity index (χ2v) is 9.00. The highest BCUT2D eigenvalue weighted by Crippen LogP contribution is 2.25. The minimum Gasteiger partial charge on any atom is -0.477 e. The van der Waals surface area contributed by atoms with Crippen LogP contribution < -0.4 is 15.1 Å². The molecule has 3 rings (SSSR count). The fraction of sp³-hybridized carbons (Fsp3) is 0.542. The molecule has 0 aromatic carbocycles. The summed E-state index contributed by atoms with van der Waals surface area (Å²) in [4.78, 5) is 22.3. The maximum absolute atomic E-state index is 13.4. The van der Waals surface area contributed by atoms with Crippen molar-refractivity contribution >= 4 is 11.4 Å². The number of fused-ring (bicyclic) bond motifs is 1. The Hall–Kier alpha value is -3.27. The Kier molecular flexibility index (Phi) is 7.71. The van der Waals surface area contributed by atoms with Crippen molar-refractivity contribution in [3.05, 3.63) is 40.1 Å². The average Bonchev–Trinajstić information content (AvgIpc) is 3.13. The lowest BCUT2D eigenvalue weighted by Gasteiger charge is -2.19. The van der Waals surface area contributed by atoms with Crippen LogP contribution in [0.4, 0.5) is 0 Å². The van der Waals surface area contributed by atoms with Crippen LogP contribution in [0.25, 0.3) is 5.65 Å². The van der Waals surface area contributed by atoms with E-state index in [9.17, 15) is 4.79 Å². The molecule has 184 valence electrons. The number of methoxy groups -OCH3 is 1. The molecule has 0 aliphatic carbocycles. The second kappa shape index (κ2) is 10.3. The SMILES string of the molecule is CCOc1nn2c(=NC)n(CC(=O)c3cc(OCCOC)nc(C(C)(C)C)c3)nc2c(C)c1C. The predicted molar refractivity (Wildman–Crippen MR) is 128 cm³/mol. The summed E-state index contributed by atoms with van der Waals surface area (Å²) in [5, 5.41) is 9.21. The summed E-state index contributed by atoms with van der Waals surface area (Å²) in [5.41, 5.74) is 3.90. The van der Waals surface area contributed by atoms with Gasteiger partial charge in [0.05, 0.1) is 18.9 Å². The van der Waals surface area contributed by atoms with Crippen molar-refractivity contribution in [2.75, 3.05) is 34.0 Å². The van der Waals surface area contributed by atoms with E-state index in [1.54, 1.807) is 29.4 Å². The van der Waals surface area contributed by atoms with Gasteiger partial charge in [0.1, 0.15) is 13.2 Å². The first-order valence-corrected chi connectivity index (χ1v) is 11.3. The third-order valence-corrected chi connectivity index (χ3v) is 5.45. The van der Waals surface area contributed by atoms with E-state index in [1.165, 1.54) is 0 Å². The van der Waals surface area contributed by atoms with E-state index in [-0.39, 0.29) is 17.7 Å². The normalized spacial score (nSPS) is 12.4. The number of ketones is 1. The van der Waals surface area contributed by atoms with E-state index in [4.69, 9.17) is 14.2 Å². The van der Waals surface area contributed by atoms with Gasteiger partial charge in [-0.1, -0.05) is 20.8 Å². The Bertz CT molecular complexity index is 1250. The van der Waals surface area contributed by atoms with E-state index in [0.717, 1.165) is 16.8 Å². The molecule has 0 unspecified atom stereocenters. The van der Waals surface area contributed by atoms with Gasteiger partial charge in [0.2, 0.25) is 17.4 Å². The van der Waals surface area contributed by atoms with Gasteiger partial charge in [0.15, 0.2) is 11.4 Å². The summed E-state index contributed by atoms with van der Waals surface area (Å²) < 4.78 is 19.6.